The number of hydrogen-bond acceptors (Lipinski definition) is 2. The molecule has 2 nitrogen and oxygen atoms in total. The highest BCUT2D eigenvalue weighted by Gasteiger charge is 1.96. The molecule has 0 amide bonds. The molecule has 0 unspecified atom stereocenters. The van der Waals surface area contributed by atoms with Crippen molar-refractivity contribution in [2.45, 2.75) is 13.0 Å². The normalized spacial score (nSPS) is 10.5. The van der Waals surface area contributed by atoms with Gasteiger partial charge in [-0.15, -0.1) is 0 Å². The Morgan fingerprint density at radius 1 is 0.889 bits per heavy atom. The molecule has 2 rings (SSSR count). The van der Waals surface area contributed by atoms with Gasteiger partial charge in [-0.1, -0.05) is 40.2 Å². The summed E-state index contributed by atoms with van der Waals surface area (Å²) in [6.07, 6.45) is 0.914. The molecule has 0 aromatic heterocycles. The molecule has 3 heteroatoms. The summed E-state index contributed by atoms with van der Waals surface area (Å²) in [4.78, 5) is 0. The van der Waals surface area contributed by atoms with Crippen LogP contribution in [0.4, 0.5) is 5.69 Å². The maximum atomic E-state index is 5.65. The van der Waals surface area contributed by atoms with E-state index >= 15 is 0 Å². The number of halogens is 1. The second-order valence-electron chi connectivity index (χ2n) is 4.17. The molecule has 0 fully saturated rings. The van der Waals surface area contributed by atoms with Crippen LogP contribution in [0.2, 0.25) is 0 Å². The van der Waals surface area contributed by atoms with Crippen LogP contribution >= 0.6 is 15.9 Å². The van der Waals surface area contributed by atoms with Crippen LogP contribution in [-0.4, -0.2) is 6.61 Å². The van der Waals surface area contributed by atoms with Crippen LogP contribution in [0, 0.1) is 0 Å². The predicted octanol–water partition coefficient (Wildman–Crippen LogP) is 3.79. The number of hydrogen-bond donors (Lipinski definition) is 1. The zero-order valence-corrected chi connectivity index (χ0v) is 11.7. The average molecular weight is 306 g/mol. The van der Waals surface area contributed by atoms with Crippen LogP contribution < -0.4 is 5.73 Å². The molecule has 2 aromatic carbocycles. The van der Waals surface area contributed by atoms with Gasteiger partial charge in [-0.3, -0.25) is 0 Å². The monoisotopic (exact) mass is 305 g/mol. The third kappa shape index (κ3) is 4.17. The first-order valence-electron chi connectivity index (χ1n) is 5.90. The molecule has 2 aromatic rings. The summed E-state index contributed by atoms with van der Waals surface area (Å²) in [7, 11) is 0. The van der Waals surface area contributed by atoms with E-state index in [-0.39, 0.29) is 0 Å². The van der Waals surface area contributed by atoms with Crippen molar-refractivity contribution in [1.29, 1.82) is 0 Å². The van der Waals surface area contributed by atoms with Gasteiger partial charge in [0.15, 0.2) is 0 Å². The first-order valence-corrected chi connectivity index (χ1v) is 6.70. The molecule has 0 heterocycles. The highest BCUT2D eigenvalue weighted by atomic mass is 79.9. The Kier molecular flexibility index (Phi) is 4.79. The number of nitrogens with two attached hydrogens (primary N) is 1. The number of rotatable bonds is 5. The van der Waals surface area contributed by atoms with E-state index in [1.54, 1.807) is 0 Å². The van der Waals surface area contributed by atoms with Gasteiger partial charge in [0.1, 0.15) is 0 Å². The van der Waals surface area contributed by atoms with E-state index in [1.807, 2.05) is 36.4 Å². The minimum Gasteiger partial charge on any atom is -0.399 e. The first kappa shape index (κ1) is 13.1. The van der Waals surface area contributed by atoms with Crippen LogP contribution in [-0.2, 0) is 17.8 Å². The molecule has 18 heavy (non-hydrogen) atoms. The van der Waals surface area contributed by atoms with Crippen molar-refractivity contribution in [3.8, 4) is 0 Å². The Morgan fingerprint density at radius 2 is 1.50 bits per heavy atom. The Balaban J connectivity index is 1.73. The van der Waals surface area contributed by atoms with Crippen molar-refractivity contribution in [1.82, 2.24) is 0 Å². The molecular formula is C15H16BrNO. The van der Waals surface area contributed by atoms with Crippen LogP contribution in [0.5, 0.6) is 0 Å². The Labute approximate surface area is 116 Å². The van der Waals surface area contributed by atoms with Gasteiger partial charge >= 0.3 is 0 Å². The summed E-state index contributed by atoms with van der Waals surface area (Å²) in [5, 5.41) is 0. The summed E-state index contributed by atoms with van der Waals surface area (Å²) < 4.78 is 6.74. The molecule has 0 spiro atoms. The Bertz CT molecular complexity index is 431. The zero-order valence-electron chi connectivity index (χ0n) is 10.1. The standard InChI is InChI=1S/C15H16BrNO/c16-14-5-1-13(2-6-14)11-18-10-9-12-3-7-15(17)8-4-12/h1-8H,9-11,17H2. The largest absolute Gasteiger partial charge is 0.399 e. The summed E-state index contributed by atoms with van der Waals surface area (Å²) in [5.74, 6) is 0. The van der Waals surface area contributed by atoms with Crippen LogP contribution in [0.1, 0.15) is 11.1 Å². The topological polar surface area (TPSA) is 35.2 Å². The van der Waals surface area contributed by atoms with Crippen molar-refractivity contribution in [3.63, 3.8) is 0 Å². The Morgan fingerprint density at radius 3 is 2.17 bits per heavy atom. The third-order valence-corrected chi connectivity index (χ3v) is 3.23. The molecule has 0 bridgehead atoms. The van der Waals surface area contributed by atoms with Gasteiger partial charge in [0, 0.05) is 10.2 Å². The van der Waals surface area contributed by atoms with Crippen molar-refractivity contribution >= 4 is 21.6 Å². The van der Waals surface area contributed by atoms with E-state index in [9.17, 15) is 0 Å². The molecule has 0 saturated heterocycles. The number of benzene rings is 2. The summed E-state index contributed by atoms with van der Waals surface area (Å²) in [6.45, 7) is 1.38. The quantitative estimate of drug-likeness (QED) is 0.674. The SMILES string of the molecule is Nc1ccc(CCOCc2ccc(Br)cc2)cc1. The highest BCUT2D eigenvalue weighted by Crippen LogP contribution is 2.11. The second kappa shape index (κ2) is 6.57. The van der Waals surface area contributed by atoms with Crippen molar-refractivity contribution in [2.75, 3.05) is 12.3 Å². The molecule has 0 atom stereocenters. The number of ether oxygens (including phenoxy) is 1. The van der Waals surface area contributed by atoms with Gasteiger partial charge in [-0.05, 0) is 41.8 Å². The van der Waals surface area contributed by atoms with Crippen LogP contribution in [0.3, 0.4) is 0 Å². The van der Waals surface area contributed by atoms with Crippen molar-refractivity contribution in [2.24, 2.45) is 0 Å². The lowest BCUT2D eigenvalue weighted by Gasteiger charge is -2.05. The molecule has 0 aliphatic rings. The van der Waals surface area contributed by atoms with Gasteiger partial charge in [0.05, 0.1) is 13.2 Å². The average Bonchev–Trinajstić information content (AvgIpc) is 2.39. The summed E-state index contributed by atoms with van der Waals surface area (Å²) >= 11 is 3.41. The van der Waals surface area contributed by atoms with Crippen LogP contribution in [0.15, 0.2) is 53.0 Å². The number of nitrogen functional groups attached to an aromatic ring is 1. The fourth-order valence-corrected chi connectivity index (χ4v) is 1.91. The summed E-state index contributed by atoms with van der Waals surface area (Å²) in [6, 6.07) is 16.1. The van der Waals surface area contributed by atoms with Crippen molar-refractivity contribution < 1.29 is 4.74 Å². The molecule has 0 aliphatic heterocycles. The molecule has 94 valence electrons. The first-order chi connectivity index (χ1) is 8.74. The maximum Gasteiger partial charge on any atom is 0.0717 e. The van der Waals surface area contributed by atoms with E-state index < -0.39 is 0 Å². The van der Waals surface area contributed by atoms with E-state index in [0.717, 1.165) is 23.2 Å². The number of anilines is 1. The van der Waals surface area contributed by atoms with Gasteiger partial charge < -0.3 is 10.5 Å². The van der Waals surface area contributed by atoms with Crippen molar-refractivity contribution in [3.05, 3.63) is 64.1 Å². The van der Waals surface area contributed by atoms with Crippen LogP contribution in [0.25, 0.3) is 0 Å². The van der Waals surface area contributed by atoms with E-state index in [0.29, 0.717) is 6.61 Å². The lowest BCUT2D eigenvalue weighted by Crippen LogP contribution is -1.99. The molecule has 0 aliphatic carbocycles. The van der Waals surface area contributed by atoms with E-state index in [2.05, 4.69) is 28.1 Å². The fourth-order valence-electron chi connectivity index (χ4n) is 1.64. The Hall–Kier alpha value is -1.32. The minimum atomic E-state index is 0.655. The van der Waals surface area contributed by atoms with Gasteiger partial charge in [-0.25, -0.2) is 0 Å². The van der Waals surface area contributed by atoms with E-state index in [4.69, 9.17) is 10.5 Å². The smallest absolute Gasteiger partial charge is 0.0717 e. The highest BCUT2D eigenvalue weighted by molar-refractivity contribution is 9.10. The van der Waals surface area contributed by atoms with Gasteiger partial charge in [-0.2, -0.15) is 0 Å². The lowest BCUT2D eigenvalue weighted by molar-refractivity contribution is 0.124. The maximum absolute atomic E-state index is 5.65. The molecular weight excluding hydrogens is 290 g/mol. The summed E-state index contributed by atoms with van der Waals surface area (Å²) in [5.41, 5.74) is 8.88. The second-order valence-corrected chi connectivity index (χ2v) is 5.09. The lowest BCUT2D eigenvalue weighted by atomic mass is 10.1. The van der Waals surface area contributed by atoms with E-state index in [1.165, 1.54) is 11.1 Å². The van der Waals surface area contributed by atoms with Gasteiger partial charge in [0.25, 0.3) is 0 Å². The van der Waals surface area contributed by atoms with Gasteiger partial charge in [0.2, 0.25) is 0 Å². The molecule has 0 radical (unpaired) electrons. The third-order valence-electron chi connectivity index (χ3n) is 2.70. The zero-order chi connectivity index (χ0) is 12.8. The molecule has 2 N–H and O–H groups in total. The predicted molar refractivity (Wildman–Crippen MR) is 78.4 cm³/mol. The molecule has 0 saturated carbocycles. The fraction of sp³-hybridized carbons (Fsp3) is 0.200. The minimum absolute atomic E-state index is 0.655.